The van der Waals surface area contributed by atoms with Crippen LogP contribution >= 0.6 is 0 Å². The maximum atomic E-state index is 5.58. The molecule has 3 heteroatoms. The van der Waals surface area contributed by atoms with Crippen molar-refractivity contribution in [1.29, 1.82) is 0 Å². The van der Waals surface area contributed by atoms with Gasteiger partial charge in [0.15, 0.2) is 0 Å². The molecule has 0 amide bonds. The van der Waals surface area contributed by atoms with E-state index in [2.05, 4.69) is 54.8 Å². The minimum Gasteiger partial charge on any atom is -0.330 e. The number of nitrogens with zero attached hydrogens (tertiary/aromatic N) is 2. The van der Waals surface area contributed by atoms with E-state index in [9.17, 15) is 0 Å². The van der Waals surface area contributed by atoms with E-state index in [1.165, 1.54) is 37.3 Å². The van der Waals surface area contributed by atoms with E-state index in [4.69, 9.17) is 5.73 Å². The first-order valence-electron chi connectivity index (χ1n) is 7.74. The van der Waals surface area contributed by atoms with Gasteiger partial charge in [-0.05, 0) is 44.9 Å². The Kier molecular flexibility index (Phi) is 5.19. The lowest BCUT2D eigenvalue weighted by Gasteiger charge is -2.42. The van der Waals surface area contributed by atoms with Crippen molar-refractivity contribution in [3.63, 3.8) is 0 Å². The fourth-order valence-corrected chi connectivity index (χ4v) is 2.81. The number of nitrogens with two attached hydrogens (primary N) is 1. The molecular weight excluding hydrogens is 246 g/mol. The first kappa shape index (κ1) is 15.5. The molecule has 2 N–H and O–H groups in total. The monoisotopic (exact) mass is 275 g/mol. The van der Waals surface area contributed by atoms with Crippen LogP contribution in [0.3, 0.4) is 0 Å². The Hall–Kier alpha value is -0.900. The molecule has 0 aliphatic carbocycles. The van der Waals surface area contributed by atoms with Gasteiger partial charge in [-0.2, -0.15) is 0 Å². The predicted octanol–water partition coefficient (Wildman–Crippen LogP) is 2.10. The van der Waals surface area contributed by atoms with Crippen LogP contribution in [-0.2, 0) is 13.0 Å². The minimum atomic E-state index is 0.302. The van der Waals surface area contributed by atoms with Gasteiger partial charge in [0.2, 0.25) is 0 Å². The van der Waals surface area contributed by atoms with Crippen molar-refractivity contribution in [2.45, 2.75) is 39.3 Å². The van der Waals surface area contributed by atoms with E-state index in [-0.39, 0.29) is 0 Å². The van der Waals surface area contributed by atoms with Crippen molar-refractivity contribution < 1.29 is 0 Å². The maximum absolute atomic E-state index is 5.58. The van der Waals surface area contributed by atoms with Crippen LogP contribution in [0.2, 0.25) is 0 Å². The van der Waals surface area contributed by atoms with Gasteiger partial charge in [-0.1, -0.05) is 24.3 Å². The lowest BCUT2D eigenvalue weighted by atomic mass is 10.0. The number of hydrogen-bond donors (Lipinski definition) is 1. The van der Waals surface area contributed by atoms with E-state index in [0.29, 0.717) is 5.54 Å². The summed E-state index contributed by atoms with van der Waals surface area (Å²) in [7, 11) is 0. The van der Waals surface area contributed by atoms with E-state index in [0.717, 1.165) is 19.5 Å². The quantitative estimate of drug-likeness (QED) is 0.913. The highest BCUT2D eigenvalue weighted by Crippen LogP contribution is 2.17. The number of benzene rings is 1. The average molecular weight is 275 g/mol. The summed E-state index contributed by atoms with van der Waals surface area (Å²) in [6.45, 7) is 13.4. The molecule has 1 aliphatic heterocycles. The number of piperazine rings is 1. The zero-order valence-electron chi connectivity index (χ0n) is 13.2. The number of hydrogen-bond acceptors (Lipinski definition) is 3. The molecule has 0 spiro atoms. The molecular formula is C17H29N3. The van der Waals surface area contributed by atoms with Gasteiger partial charge in [0.25, 0.3) is 0 Å². The molecule has 112 valence electrons. The summed E-state index contributed by atoms with van der Waals surface area (Å²) < 4.78 is 0. The van der Waals surface area contributed by atoms with Gasteiger partial charge < -0.3 is 5.73 Å². The Labute approximate surface area is 123 Å². The Balaban J connectivity index is 1.83. The van der Waals surface area contributed by atoms with Crippen LogP contribution in [0.1, 0.15) is 31.9 Å². The topological polar surface area (TPSA) is 32.5 Å². The average Bonchev–Trinajstić information content (AvgIpc) is 2.41. The van der Waals surface area contributed by atoms with Crippen LogP contribution in [-0.4, -0.2) is 48.1 Å². The highest BCUT2D eigenvalue weighted by Gasteiger charge is 2.25. The van der Waals surface area contributed by atoms with Crippen LogP contribution < -0.4 is 5.73 Å². The second-order valence-electron chi connectivity index (χ2n) is 6.79. The smallest absolute Gasteiger partial charge is 0.0234 e. The van der Waals surface area contributed by atoms with Gasteiger partial charge >= 0.3 is 0 Å². The lowest BCUT2D eigenvalue weighted by molar-refractivity contribution is 0.0591. The summed E-state index contributed by atoms with van der Waals surface area (Å²) in [6.07, 6.45) is 0.977. The van der Waals surface area contributed by atoms with Crippen molar-refractivity contribution in [2.75, 3.05) is 32.7 Å². The van der Waals surface area contributed by atoms with Crippen LogP contribution in [0.5, 0.6) is 0 Å². The molecule has 0 unspecified atom stereocenters. The molecule has 1 heterocycles. The molecule has 1 aliphatic rings. The second-order valence-corrected chi connectivity index (χ2v) is 6.79. The highest BCUT2D eigenvalue weighted by atomic mass is 15.3. The van der Waals surface area contributed by atoms with E-state index in [1.807, 2.05) is 0 Å². The summed E-state index contributed by atoms with van der Waals surface area (Å²) in [5.74, 6) is 0. The van der Waals surface area contributed by atoms with Gasteiger partial charge in [-0.15, -0.1) is 0 Å². The van der Waals surface area contributed by atoms with Gasteiger partial charge in [-0.25, -0.2) is 0 Å². The van der Waals surface area contributed by atoms with E-state index >= 15 is 0 Å². The van der Waals surface area contributed by atoms with Gasteiger partial charge in [-0.3, -0.25) is 9.80 Å². The molecule has 0 atom stereocenters. The first-order chi connectivity index (χ1) is 9.49. The largest absolute Gasteiger partial charge is 0.330 e. The van der Waals surface area contributed by atoms with Crippen LogP contribution in [0.25, 0.3) is 0 Å². The molecule has 1 fully saturated rings. The molecule has 20 heavy (non-hydrogen) atoms. The van der Waals surface area contributed by atoms with Crippen molar-refractivity contribution in [3.8, 4) is 0 Å². The summed E-state index contributed by atoms with van der Waals surface area (Å²) in [6, 6.07) is 8.93. The van der Waals surface area contributed by atoms with Gasteiger partial charge in [0, 0.05) is 38.3 Å². The molecule has 0 radical (unpaired) electrons. The molecule has 0 aromatic heterocycles. The normalized spacial score (nSPS) is 18.4. The third-order valence-corrected chi connectivity index (χ3v) is 4.18. The molecule has 0 bridgehead atoms. The third kappa shape index (κ3) is 4.30. The predicted molar refractivity (Wildman–Crippen MR) is 85.8 cm³/mol. The van der Waals surface area contributed by atoms with E-state index in [1.54, 1.807) is 0 Å². The molecule has 1 aromatic carbocycles. The molecule has 1 aromatic rings. The van der Waals surface area contributed by atoms with Crippen molar-refractivity contribution in [1.82, 2.24) is 9.80 Å². The molecule has 0 saturated carbocycles. The Morgan fingerprint density at radius 2 is 1.50 bits per heavy atom. The summed E-state index contributed by atoms with van der Waals surface area (Å²) in [5, 5.41) is 0. The fraction of sp³-hybridized carbons (Fsp3) is 0.647. The molecule has 2 rings (SSSR count). The Morgan fingerprint density at radius 3 is 2.00 bits per heavy atom. The fourth-order valence-electron chi connectivity index (χ4n) is 2.81. The Bertz CT molecular complexity index is 397. The highest BCUT2D eigenvalue weighted by molar-refractivity contribution is 5.22. The maximum Gasteiger partial charge on any atom is 0.0234 e. The Morgan fingerprint density at radius 1 is 0.950 bits per heavy atom. The minimum absolute atomic E-state index is 0.302. The van der Waals surface area contributed by atoms with E-state index < -0.39 is 0 Å². The third-order valence-electron chi connectivity index (χ3n) is 4.18. The van der Waals surface area contributed by atoms with Crippen molar-refractivity contribution in [3.05, 3.63) is 35.4 Å². The second kappa shape index (κ2) is 6.70. The summed E-state index contributed by atoms with van der Waals surface area (Å²) in [4.78, 5) is 5.13. The first-order valence-corrected chi connectivity index (χ1v) is 7.74. The summed E-state index contributed by atoms with van der Waals surface area (Å²) >= 11 is 0. The summed E-state index contributed by atoms with van der Waals surface area (Å²) in [5.41, 5.74) is 8.64. The SMILES string of the molecule is CC(C)(C)N1CCN(Cc2ccc(CCN)cc2)CC1. The van der Waals surface area contributed by atoms with Gasteiger partial charge in [0.1, 0.15) is 0 Å². The standard InChI is InChI=1S/C17H29N3/c1-17(2,3)20-12-10-19(11-13-20)14-16-6-4-15(5-7-16)8-9-18/h4-7H,8-14,18H2,1-3H3. The van der Waals surface area contributed by atoms with Crippen molar-refractivity contribution >= 4 is 0 Å². The zero-order valence-corrected chi connectivity index (χ0v) is 13.2. The molecule has 3 nitrogen and oxygen atoms in total. The van der Waals surface area contributed by atoms with Gasteiger partial charge in [0.05, 0.1) is 0 Å². The van der Waals surface area contributed by atoms with Crippen LogP contribution in [0.15, 0.2) is 24.3 Å². The lowest BCUT2D eigenvalue weighted by Crippen LogP contribution is -2.53. The van der Waals surface area contributed by atoms with Crippen LogP contribution in [0.4, 0.5) is 0 Å². The number of rotatable bonds is 4. The van der Waals surface area contributed by atoms with Crippen LogP contribution in [0, 0.1) is 0 Å². The zero-order chi connectivity index (χ0) is 14.6. The van der Waals surface area contributed by atoms with Crippen molar-refractivity contribution in [2.24, 2.45) is 5.73 Å². The molecule has 1 saturated heterocycles.